The Morgan fingerprint density at radius 1 is 1.20 bits per heavy atom. The van der Waals surface area contributed by atoms with Crippen molar-refractivity contribution < 1.29 is 23.4 Å². The van der Waals surface area contributed by atoms with Crippen LogP contribution in [0.1, 0.15) is 51.2 Å². The first-order valence-electron chi connectivity index (χ1n) is 15.6. The van der Waals surface area contributed by atoms with Crippen molar-refractivity contribution in [3.05, 3.63) is 41.3 Å². The molecular weight excluding hydrogens is 577 g/mol. The van der Waals surface area contributed by atoms with Crippen LogP contribution in [0.4, 0.5) is 15.0 Å². The number of halogens is 1. The molecule has 3 aromatic rings. The van der Waals surface area contributed by atoms with Gasteiger partial charge in [0.2, 0.25) is 0 Å². The normalized spacial score (nSPS) is 20.6. The van der Waals surface area contributed by atoms with Gasteiger partial charge in [-0.3, -0.25) is 4.98 Å². The third kappa shape index (κ3) is 6.51. The van der Waals surface area contributed by atoms with Crippen LogP contribution in [0.15, 0.2) is 24.4 Å². The maximum absolute atomic E-state index is 16.6. The third-order valence-electron chi connectivity index (χ3n) is 8.74. The van der Waals surface area contributed by atoms with Crippen LogP contribution in [0.5, 0.6) is 6.01 Å². The number of benzene rings is 1. The fraction of sp³-hybridized carbons (Fsp3) is 0.545. The average molecular weight is 618 g/mol. The number of carbonyl (C=O) groups excluding carboxylic acids is 1. The topological polar surface area (TPSA) is 117 Å². The van der Waals surface area contributed by atoms with Crippen LogP contribution < -0.4 is 9.64 Å². The van der Waals surface area contributed by atoms with Crippen LogP contribution in [0.3, 0.4) is 0 Å². The highest BCUT2D eigenvalue weighted by atomic mass is 19.1. The smallest absolute Gasteiger partial charge is 0.410 e. The lowest BCUT2D eigenvalue weighted by molar-refractivity contribution is 0.0145. The first-order valence-corrected chi connectivity index (χ1v) is 15.6. The minimum atomic E-state index is -0.667. The summed E-state index contributed by atoms with van der Waals surface area (Å²) in [5.74, 6) is -0.0807. The molecule has 2 atom stereocenters. The first kappa shape index (κ1) is 30.9. The van der Waals surface area contributed by atoms with Crippen molar-refractivity contribution in [1.82, 2.24) is 24.8 Å². The van der Waals surface area contributed by atoms with E-state index >= 15 is 4.39 Å². The lowest BCUT2D eigenvalue weighted by Crippen LogP contribution is -2.56. The van der Waals surface area contributed by atoms with Crippen molar-refractivity contribution in [2.75, 3.05) is 51.3 Å². The van der Waals surface area contributed by atoms with Crippen LogP contribution in [-0.4, -0.2) is 95.0 Å². The van der Waals surface area contributed by atoms with Crippen LogP contribution in [0, 0.1) is 17.1 Å². The molecule has 0 aliphatic carbocycles. The summed E-state index contributed by atoms with van der Waals surface area (Å²) >= 11 is 0. The van der Waals surface area contributed by atoms with Crippen molar-refractivity contribution >= 4 is 22.8 Å². The van der Waals surface area contributed by atoms with E-state index in [1.807, 2.05) is 43.9 Å². The molecular formula is C33H40FN7O4. The molecule has 0 N–H and O–H groups in total. The van der Waals surface area contributed by atoms with Gasteiger partial charge < -0.3 is 28.9 Å². The second kappa shape index (κ2) is 12.7. The van der Waals surface area contributed by atoms with Gasteiger partial charge in [0, 0.05) is 37.4 Å². The molecule has 0 unspecified atom stereocenters. The molecule has 1 amide bonds. The molecule has 0 radical (unpaired) electrons. The number of nitrogens with zero attached hydrogens (tertiary/aromatic N) is 7. The predicted octanol–water partition coefficient (Wildman–Crippen LogP) is 4.72. The van der Waals surface area contributed by atoms with Gasteiger partial charge in [0.15, 0.2) is 5.82 Å². The molecule has 45 heavy (non-hydrogen) atoms. The van der Waals surface area contributed by atoms with E-state index in [9.17, 15) is 10.1 Å². The molecule has 3 aliphatic heterocycles. The number of hydrogen-bond donors (Lipinski definition) is 0. The molecule has 238 valence electrons. The highest BCUT2D eigenvalue weighted by molar-refractivity contribution is 5.92. The van der Waals surface area contributed by atoms with Gasteiger partial charge in [-0.15, -0.1) is 0 Å². The van der Waals surface area contributed by atoms with Crippen LogP contribution in [0.2, 0.25) is 0 Å². The minimum Gasteiger partial charge on any atom is -0.462 e. The number of fused-ring (bicyclic) bond motifs is 2. The zero-order valence-electron chi connectivity index (χ0n) is 26.4. The van der Waals surface area contributed by atoms with E-state index in [-0.39, 0.29) is 29.7 Å². The number of piperazine rings is 1. The number of anilines is 1. The van der Waals surface area contributed by atoms with Gasteiger partial charge in [-0.25, -0.2) is 9.18 Å². The largest absolute Gasteiger partial charge is 0.462 e. The van der Waals surface area contributed by atoms with Gasteiger partial charge in [0.1, 0.15) is 29.2 Å². The summed E-state index contributed by atoms with van der Waals surface area (Å²) in [5, 5.41) is 10.1. The Morgan fingerprint density at radius 2 is 2.04 bits per heavy atom. The maximum atomic E-state index is 16.6. The molecule has 2 aromatic heterocycles. The Labute approximate surface area is 262 Å². The van der Waals surface area contributed by atoms with Gasteiger partial charge in [-0.2, -0.15) is 15.2 Å². The summed E-state index contributed by atoms with van der Waals surface area (Å²) in [5.41, 5.74) is 2.47. The van der Waals surface area contributed by atoms with E-state index < -0.39 is 23.6 Å². The Kier molecular flexibility index (Phi) is 8.75. The molecule has 1 aromatic carbocycles. The van der Waals surface area contributed by atoms with E-state index in [4.69, 9.17) is 19.2 Å². The molecule has 5 heterocycles. The highest BCUT2D eigenvalue weighted by Crippen LogP contribution is 2.36. The lowest BCUT2D eigenvalue weighted by Gasteiger charge is -2.41. The number of pyridine rings is 1. The summed E-state index contributed by atoms with van der Waals surface area (Å²) in [6, 6.07) is 7.84. The quantitative estimate of drug-likeness (QED) is 0.385. The van der Waals surface area contributed by atoms with Gasteiger partial charge in [0.05, 0.1) is 37.1 Å². The molecule has 11 nitrogen and oxygen atoms in total. The van der Waals surface area contributed by atoms with Crippen LogP contribution in [0.25, 0.3) is 22.2 Å². The van der Waals surface area contributed by atoms with E-state index in [0.29, 0.717) is 57.1 Å². The third-order valence-corrected chi connectivity index (χ3v) is 8.74. The summed E-state index contributed by atoms with van der Waals surface area (Å²) in [7, 11) is 2.07. The van der Waals surface area contributed by atoms with Crippen molar-refractivity contribution in [2.24, 2.45) is 0 Å². The second-order valence-corrected chi connectivity index (χ2v) is 13.0. The number of ether oxygens (including phenoxy) is 3. The SMILES string of the molecule is CN1CCC[C@H]1COc1nc(N2CCN(C(=O)OC(C)(C)C)[C@@H](CC#N)C2)c2cnc(-c3cccc4c3CCOC4)c(F)c2n1. The Balaban J connectivity index is 1.39. The standard InChI is InChI=1S/C33H40FN7O4/c1-33(2,3)45-32(42)41-15-14-40(18-22(41)10-12-35)30-26-17-36-28(25-9-5-7-21-19-43-16-11-24(21)25)27(34)29(26)37-31(38-30)44-20-23-8-6-13-39(23)4/h5,7,9,17,22-23H,6,8,10-11,13-16,18-20H2,1-4H3/t22-,23-/m0/s1. The number of likely N-dealkylation sites (tertiary alicyclic amines) is 1. The van der Waals surface area contributed by atoms with Gasteiger partial charge >= 0.3 is 12.1 Å². The van der Waals surface area contributed by atoms with Gasteiger partial charge in [-0.05, 0) is 64.8 Å². The monoisotopic (exact) mass is 617 g/mol. The Bertz CT molecular complexity index is 1620. The van der Waals surface area contributed by atoms with E-state index in [1.165, 1.54) is 0 Å². The molecule has 0 spiro atoms. The summed E-state index contributed by atoms with van der Waals surface area (Å²) < 4.78 is 34.0. The molecule has 3 aliphatic rings. The number of hydrogen-bond acceptors (Lipinski definition) is 10. The van der Waals surface area contributed by atoms with E-state index in [1.54, 1.807) is 11.1 Å². The highest BCUT2D eigenvalue weighted by Gasteiger charge is 2.35. The first-order chi connectivity index (χ1) is 21.6. The number of likely N-dealkylation sites (N-methyl/N-ethyl adjacent to an activating group) is 1. The van der Waals surface area contributed by atoms with Gasteiger partial charge in [0.25, 0.3) is 0 Å². The zero-order valence-corrected chi connectivity index (χ0v) is 26.4. The Hall–Kier alpha value is -4.08. The van der Waals surface area contributed by atoms with E-state index in [2.05, 4.69) is 28.0 Å². The zero-order chi connectivity index (χ0) is 31.7. The molecule has 2 saturated heterocycles. The number of aromatic nitrogens is 3. The minimum absolute atomic E-state index is 0.0868. The maximum Gasteiger partial charge on any atom is 0.410 e. The summed E-state index contributed by atoms with van der Waals surface area (Å²) in [6.45, 7) is 8.88. The van der Waals surface area contributed by atoms with Crippen LogP contribution in [-0.2, 0) is 22.5 Å². The number of carbonyl (C=O) groups is 1. The fourth-order valence-corrected chi connectivity index (χ4v) is 6.41. The molecule has 0 saturated carbocycles. The van der Waals surface area contributed by atoms with Crippen molar-refractivity contribution in [3.63, 3.8) is 0 Å². The number of nitriles is 1. The lowest BCUT2D eigenvalue weighted by atomic mass is 9.94. The van der Waals surface area contributed by atoms with Gasteiger partial charge in [-0.1, -0.05) is 18.2 Å². The number of rotatable bonds is 6. The summed E-state index contributed by atoms with van der Waals surface area (Å²) in [4.78, 5) is 32.8. The van der Waals surface area contributed by atoms with E-state index in [0.717, 1.165) is 36.1 Å². The average Bonchev–Trinajstić information content (AvgIpc) is 3.43. The Morgan fingerprint density at radius 3 is 2.80 bits per heavy atom. The fourth-order valence-electron chi connectivity index (χ4n) is 6.41. The molecule has 12 heteroatoms. The molecule has 0 bridgehead atoms. The predicted molar refractivity (Wildman–Crippen MR) is 166 cm³/mol. The van der Waals surface area contributed by atoms with Crippen molar-refractivity contribution in [2.45, 2.75) is 70.7 Å². The summed E-state index contributed by atoms with van der Waals surface area (Å²) in [6.07, 6.45) is 4.03. The van der Waals surface area contributed by atoms with Crippen molar-refractivity contribution in [3.8, 4) is 23.3 Å². The van der Waals surface area contributed by atoms with Crippen molar-refractivity contribution in [1.29, 1.82) is 5.26 Å². The molecule has 2 fully saturated rings. The number of amides is 1. The van der Waals surface area contributed by atoms with Crippen LogP contribution >= 0.6 is 0 Å². The molecule has 6 rings (SSSR count). The second-order valence-electron chi connectivity index (χ2n) is 13.0.